The molecule has 36 heavy (non-hydrogen) atoms. The number of dihydropyridines is 1. The second kappa shape index (κ2) is 10.2. The molecule has 2 aliphatic rings. The summed E-state index contributed by atoms with van der Waals surface area (Å²) in [4.78, 5) is 27.0. The number of Topliss-reactive ketones (excluding diaryl/α,β-unsaturated/α-hetero) is 1. The van der Waals surface area contributed by atoms with Gasteiger partial charge in [0.1, 0.15) is 5.75 Å². The molecule has 0 saturated carbocycles. The van der Waals surface area contributed by atoms with Gasteiger partial charge in [-0.25, -0.2) is 4.79 Å². The number of hydrogen-bond acceptors (Lipinski definition) is 5. The van der Waals surface area contributed by atoms with Crippen LogP contribution >= 0.6 is 0 Å². The Morgan fingerprint density at radius 2 is 1.58 bits per heavy atom. The van der Waals surface area contributed by atoms with E-state index in [0.29, 0.717) is 36.1 Å². The molecule has 0 aromatic heterocycles. The summed E-state index contributed by atoms with van der Waals surface area (Å²) in [6, 6.07) is 26.7. The van der Waals surface area contributed by atoms with Gasteiger partial charge in [-0.15, -0.1) is 0 Å². The topological polar surface area (TPSA) is 75.6 Å². The molecular weight excluding hydrogens is 450 g/mol. The zero-order chi connectivity index (χ0) is 25.1. The molecule has 5 rings (SSSR count). The van der Waals surface area contributed by atoms with E-state index in [1.54, 1.807) is 24.3 Å². The van der Waals surface area contributed by atoms with Crippen molar-refractivity contribution in [2.24, 2.45) is 0 Å². The summed E-state index contributed by atoms with van der Waals surface area (Å²) in [6.45, 7) is 2.11. The summed E-state index contributed by atoms with van der Waals surface area (Å²) in [5.74, 6) is -0.738. The van der Waals surface area contributed by atoms with Crippen molar-refractivity contribution in [2.45, 2.75) is 38.0 Å². The molecule has 1 aliphatic heterocycles. The highest BCUT2D eigenvalue weighted by molar-refractivity contribution is 6.04. The maximum Gasteiger partial charge on any atom is 0.336 e. The molecule has 2 N–H and O–H groups in total. The minimum Gasteiger partial charge on any atom is -0.508 e. The van der Waals surface area contributed by atoms with E-state index in [-0.39, 0.29) is 24.1 Å². The highest BCUT2D eigenvalue weighted by atomic mass is 16.5. The lowest BCUT2D eigenvalue weighted by Gasteiger charge is -2.36. The first kappa shape index (κ1) is 23.6. The summed E-state index contributed by atoms with van der Waals surface area (Å²) in [5, 5.41) is 13.2. The van der Waals surface area contributed by atoms with Gasteiger partial charge in [0.25, 0.3) is 0 Å². The average molecular weight is 480 g/mol. The number of allylic oxidation sites excluding steroid dienone is 3. The molecule has 0 fully saturated rings. The molecule has 3 aromatic rings. The molecule has 1 heterocycles. The van der Waals surface area contributed by atoms with Gasteiger partial charge in [-0.2, -0.15) is 0 Å². The van der Waals surface area contributed by atoms with Gasteiger partial charge < -0.3 is 15.2 Å². The third-order valence-electron chi connectivity index (χ3n) is 7.01. The molecule has 0 bridgehead atoms. The lowest BCUT2D eigenvalue weighted by atomic mass is 9.72. The number of carbonyl (C=O) groups is 2. The van der Waals surface area contributed by atoms with Gasteiger partial charge in [0, 0.05) is 35.7 Å². The normalized spacial score (nSPS) is 19.5. The Kier molecular flexibility index (Phi) is 6.72. The van der Waals surface area contributed by atoms with E-state index >= 15 is 0 Å². The van der Waals surface area contributed by atoms with E-state index in [4.69, 9.17) is 4.74 Å². The van der Waals surface area contributed by atoms with Crippen LogP contribution in [0.2, 0.25) is 0 Å². The zero-order valence-electron chi connectivity index (χ0n) is 20.2. The van der Waals surface area contributed by atoms with Gasteiger partial charge in [0.2, 0.25) is 0 Å². The van der Waals surface area contributed by atoms with Crippen LogP contribution in [-0.2, 0) is 20.7 Å². The van der Waals surface area contributed by atoms with Crippen molar-refractivity contribution in [1.29, 1.82) is 0 Å². The van der Waals surface area contributed by atoms with E-state index < -0.39 is 11.9 Å². The van der Waals surface area contributed by atoms with Gasteiger partial charge in [-0.1, -0.05) is 72.8 Å². The van der Waals surface area contributed by atoms with Crippen LogP contribution in [0.3, 0.4) is 0 Å². The van der Waals surface area contributed by atoms with Crippen LogP contribution in [0.15, 0.2) is 107 Å². The van der Waals surface area contributed by atoms with E-state index in [1.165, 1.54) is 0 Å². The number of esters is 1. The Morgan fingerprint density at radius 3 is 2.28 bits per heavy atom. The van der Waals surface area contributed by atoms with Gasteiger partial charge in [-0.3, -0.25) is 4.79 Å². The van der Waals surface area contributed by atoms with Crippen molar-refractivity contribution in [3.63, 3.8) is 0 Å². The van der Waals surface area contributed by atoms with Crippen molar-refractivity contribution < 1.29 is 19.4 Å². The van der Waals surface area contributed by atoms with Gasteiger partial charge in [0.15, 0.2) is 5.78 Å². The minimum absolute atomic E-state index is 0.0257. The number of phenols is 1. The molecule has 0 saturated heterocycles. The molecule has 182 valence electrons. The number of aromatic hydroxyl groups is 1. The first-order valence-corrected chi connectivity index (χ1v) is 12.3. The van der Waals surface area contributed by atoms with Crippen LogP contribution in [0.1, 0.15) is 48.3 Å². The Morgan fingerprint density at radius 1 is 0.917 bits per heavy atom. The number of hydrogen-bond donors (Lipinski definition) is 2. The highest BCUT2D eigenvalue weighted by Gasteiger charge is 2.41. The molecule has 3 aromatic carbocycles. The highest BCUT2D eigenvalue weighted by Crippen LogP contribution is 2.45. The van der Waals surface area contributed by atoms with Crippen molar-refractivity contribution in [3.8, 4) is 5.75 Å². The third kappa shape index (κ3) is 4.82. The number of ketones is 1. The van der Waals surface area contributed by atoms with E-state index in [9.17, 15) is 14.7 Å². The largest absolute Gasteiger partial charge is 0.508 e. The van der Waals surface area contributed by atoms with Gasteiger partial charge >= 0.3 is 5.97 Å². The van der Waals surface area contributed by atoms with E-state index in [0.717, 1.165) is 22.4 Å². The summed E-state index contributed by atoms with van der Waals surface area (Å²) in [6.07, 6.45) is 1.68. The maximum absolute atomic E-state index is 13.6. The molecular formula is C31H29NO4. The second-order valence-corrected chi connectivity index (χ2v) is 9.39. The fourth-order valence-corrected chi connectivity index (χ4v) is 5.25. The van der Waals surface area contributed by atoms with Gasteiger partial charge in [0.05, 0.1) is 12.2 Å². The zero-order valence-corrected chi connectivity index (χ0v) is 20.2. The molecule has 0 radical (unpaired) electrons. The predicted molar refractivity (Wildman–Crippen MR) is 138 cm³/mol. The average Bonchev–Trinajstić information content (AvgIpc) is 2.89. The Balaban J connectivity index is 1.46. The molecule has 0 unspecified atom stereocenters. The number of phenolic OH excluding ortho intramolecular Hbond substituents is 1. The smallest absolute Gasteiger partial charge is 0.336 e. The quantitative estimate of drug-likeness (QED) is 0.454. The lowest BCUT2D eigenvalue weighted by molar-refractivity contribution is -0.139. The number of ether oxygens (including phenoxy) is 1. The molecule has 2 atom stereocenters. The van der Waals surface area contributed by atoms with Crippen molar-refractivity contribution >= 4 is 11.8 Å². The first-order chi connectivity index (χ1) is 17.5. The second-order valence-electron chi connectivity index (χ2n) is 9.39. The monoisotopic (exact) mass is 479 g/mol. The molecule has 0 amide bonds. The van der Waals surface area contributed by atoms with Crippen LogP contribution in [0, 0.1) is 0 Å². The van der Waals surface area contributed by atoms with Crippen LogP contribution < -0.4 is 5.32 Å². The van der Waals surface area contributed by atoms with E-state index in [1.807, 2.05) is 55.5 Å². The number of rotatable bonds is 6. The van der Waals surface area contributed by atoms with Crippen molar-refractivity contribution in [1.82, 2.24) is 5.32 Å². The summed E-state index contributed by atoms with van der Waals surface area (Å²) < 4.78 is 5.72. The van der Waals surface area contributed by atoms with E-state index in [2.05, 4.69) is 17.4 Å². The summed E-state index contributed by atoms with van der Waals surface area (Å²) in [7, 11) is 0. The Hall–Kier alpha value is -4.12. The maximum atomic E-state index is 13.6. The first-order valence-electron chi connectivity index (χ1n) is 12.3. The molecule has 1 aliphatic carbocycles. The molecule has 5 heteroatoms. The number of carbonyl (C=O) groups excluding carboxylic acids is 2. The Bertz CT molecular complexity index is 1320. The predicted octanol–water partition coefficient (Wildman–Crippen LogP) is 5.54. The fraction of sp³-hybridized carbons (Fsp3) is 0.226. The summed E-state index contributed by atoms with van der Waals surface area (Å²) >= 11 is 0. The molecule has 5 nitrogen and oxygen atoms in total. The molecule has 0 spiro atoms. The van der Waals surface area contributed by atoms with Crippen LogP contribution in [0.25, 0.3) is 0 Å². The van der Waals surface area contributed by atoms with Gasteiger partial charge in [-0.05, 0) is 48.1 Å². The number of benzene rings is 3. The Labute approximate surface area is 211 Å². The van der Waals surface area contributed by atoms with Crippen LogP contribution in [-0.4, -0.2) is 23.5 Å². The van der Waals surface area contributed by atoms with Crippen molar-refractivity contribution in [3.05, 3.63) is 124 Å². The van der Waals surface area contributed by atoms with Crippen LogP contribution in [0.5, 0.6) is 5.75 Å². The minimum atomic E-state index is -0.546. The third-order valence-corrected chi connectivity index (χ3v) is 7.01. The standard InChI is InChI=1S/C31H29NO4/c1-20-28(31(35)36-17-16-21-8-4-2-5-9-21)29(23-12-14-25(33)15-13-23)30-26(32-20)18-24(19-27(30)34)22-10-6-3-7-11-22/h2-15,24,29,32-33H,16-19H2,1H3/t24-,29-/m0/s1. The summed E-state index contributed by atoms with van der Waals surface area (Å²) in [5.41, 5.74) is 5.62. The number of nitrogens with one attached hydrogen (secondary N) is 1. The van der Waals surface area contributed by atoms with Crippen LogP contribution in [0.4, 0.5) is 0 Å². The van der Waals surface area contributed by atoms with Crippen molar-refractivity contribution in [2.75, 3.05) is 6.61 Å². The SMILES string of the molecule is CC1=C(C(=O)OCCc2ccccc2)[C@H](c2ccc(O)cc2)C2=C(C[C@H](c3ccccc3)CC2=O)N1. The lowest BCUT2D eigenvalue weighted by Crippen LogP contribution is -2.36. The fourth-order valence-electron chi connectivity index (χ4n) is 5.25.